The molecule has 0 aliphatic carbocycles. The van der Waals surface area contributed by atoms with Gasteiger partial charge in [-0.2, -0.15) is 21.9 Å². The van der Waals surface area contributed by atoms with Crippen LogP contribution in [0.1, 0.15) is 0 Å². The number of azo groups is 3. The Morgan fingerprint density at radius 1 is 0.500 bits per heavy atom. The maximum absolute atomic E-state index is 12.1. The first-order valence-corrected chi connectivity index (χ1v) is 23.8. The van der Waals surface area contributed by atoms with Crippen molar-refractivity contribution < 1.29 is 85.3 Å². The van der Waals surface area contributed by atoms with E-state index in [4.69, 9.17) is 4.74 Å². The standard InChI is InChI=1S/C39H33N7O15S4.Cu/c1-61-36-20-33(44-46-38-37(65(58,59)60)15-21-5-6-24(17-29(21)39(38)48)40-23-3-2-4-26(16-23)63(52,53)54)35(47)19-34(36)45-43-32-14-13-31(28-12-11-27(18-30(28)32)64(55,56)57)42-41-22-7-9-25(10-8-22)62(49,50)51;/h2-20,40,47-51,58-60H,1H3,(H,52,53,54)(H,55,56,57);. The van der Waals surface area contributed by atoms with E-state index in [0.717, 1.165) is 30.3 Å². The molecule has 0 atom stereocenters. The van der Waals surface area contributed by atoms with Gasteiger partial charge in [0.2, 0.25) is 0 Å². The Balaban J connectivity index is 0.00000720. The second kappa shape index (κ2) is 19.0. The predicted molar refractivity (Wildman–Crippen MR) is 240 cm³/mol. The fraction of sp³-hybridized carbons (Fsp3) is 0.0256. The zero-order valence-corrected chi connectivity index (χ0v) is 37.3. The zero-order chi connectivity index (χ0) is 47.1. The summed E-state index contributed by atoms with van der Waals surface area (Å²) in [6.07, 6.45) is 0. The van der Waals surface area contributed by atoms with E-state index < -0.39 is 69.0 Å². The van der Waals surface area contributed by atoms with E-state index in [9.17, 15) is 63.5 Å². The average Bonchev–Trinajstić information content (AvgIpc) is 3.24. The van der Waals surface area contributed by atoms with Crippen molar-refractivity contribution in [1.29, 1.82) is 0 Å². The molecule has 0 heterocycles. The second-order valence-corrected chi connectivity index (χ2v) is 19.4. The fourth-order valence-electron chi connectivity index (χ4n) is 6.14. The number of aromatic hydroxyl groups is 2. The summed E-state index contributed by atoms with van der Waals surface area (Å²) in [6.45, 7) is 0. The van der Waals surface area contributed by atoms with Gasteiger partial charge in [-0.05, 0) is 90.3 Å². The van der Waals surface area contributed by atoms with Gasteiger partial charge in [0.05, 0.1) is 43.8 Å². The van der Waals surface area contributed by atoms with Crippen LogP contribution >= 0.6 is 21.7 Å². The smallest absolute Gasteiger partial charge is 0.294 e. The molecule has 0 spiro atoms. The van der Waals surface area contributed by atoms with Crippen LogP contribution in [0, 0.1) is 0 Å². The number of ether oxygens (including phenoxy) is 1. The first-order chi connectivity index (χ1) is 30.5. The number of nitrogens with zero attached hydrogens (tertiary/aromatic N) is 6. The molecule has 0 amide bonds. The van der Waals surface area contributed by atoms with E-state index in [2.05, 4.69) is 36.0 Å². The van der Waals surface area contributed by atoms with Gasteiger partial charge in [0, 0.05) is 56.7 Å². The van der Waals surface area contributed by atoms with Crippen LogP contribution in [0.4, 0.5) is 45.5 Å². The van der Waals surface area contributed by atoms with Crippen molar-refractivity contribution in [3.05, 3.63) is 115 Å². The third kappa shape index (κ3) is 11.1. The molecule has 27 heteroatoms. The average molecular weight is 1030 g/mol. The minimum atomic E-state index is -4.69. The molecular weight excluding hydrogens is 998 g/mol. The Morgan fingerprint density at radius 2 is 1.09 bits per heavy atom. The molecule has 349 valence electrons. The van der Waals surface area contributed by atoms with Crippen LogP contribution in [0.3, 0.4) is 0 Å². The quantitative estimate of drug-likeness (QED) is 0.0290. The molecule has 1 radical (unpaired) electrons. The molecule has 0 aliphatic heterocycles. The van der Waals surface area contributed by atoms with Crippen molar-refractivity contribution in [2.24, 2.45) is 30.7 Å². The molecular formula is C39H33CuN7O15S4. The van der Waals surface area contributed by atoms with Gasteiger partial charge >= 0.3 is 0 Å². The van der Waals surface area contributed by atoms with E-state index in [1.807, 2.05) is 0 Å². The Kier molecular flexibility index (Phi) is 14.2. The second-order valence-electron chi connectivity index (χ2n) is 13.6. The van der Waals surface area contributed by atoms with Crippen LogP contribution in [0.15, 0.2) is 166 Å². The van der Waals surface area contributed by atoms with E-state index in [1.54, 1.807) is 0 Å². The fourth-order valence-corrected chi connectivity index (χ4v) is 8.36. The van der Waals surface area contributed by atoms with Crippen molar-refractivity contribution in [2.45, 2.75) is 19.6 Å². The molecule has 0 fully saturated rings. The first kappa shape index (κ1) is 49.3. The van der Waals surface area contributed by atoms with Gasteiger partial charge in [-0.15, -0.1) is 25.6 Å². The van der Waals surface area contributed by atoms with Gasteiger partial charge in [-0.25, -0.2) is 0 Å². The summed E-state index contributed by atoms with van der Waals surface area (Å²) in [7, 11) is -16.5. The number of rotatable bonds is 13. The number of benzene rings is 7. The van der Waals surface area contributed by atoms with Crippen LogP contribution in [0.2, 0.25) is 0 Å². The summed E-state index contributed by atoms with van der Waals surface area (Å²) in [5.41, 5.74) is 0.0878. The van der Waals surface area contributed by atoms with Crippen molar-refractivity contribution in [2.75, 3.05) is 12.4 Å². The predicted octanol–water partition coefficient (Wildman–Crippen LogP) is 12.1. The summed E-state index contributed by atoms with van der Waals surface area (Å²) >= 11 is 0. The number of anilines is 2. The van der Waals surface area contributed by atoms with Crippen LogP contribution in [0.25, 0.3) is 21.5 Å². The number of fused-ring (bicyclic) bond motifs is 2. The molecule has 7 rings (SSSR count). The molecule has 66 heavy (non-hydrogen) atoms. The van der Waals surface area contributed by atoms with Gasteiger partial charge in [0.25, 0.3) is 20.2 Å². The third-order valence-corrected chi connectivity index (χ3v) is 12.7. The van der Waals surface area contributed by atoms with Crippen molar-refractivity contribution in [3.63, 3.8) is 0 Å². The summed E-state index contributed by atoms with van der Waals surface area (Å²) in [4.78, 5) is -1.63. The molecule has 0 unspecified atom stereocenters. The topological polar surface area (TPSA) is 366 Å². The van der Waals surface area contributed by atoms with Gasteiger partial charge in [-0.1, -0.05) is 18.2 Å². The van der Waals surface area contributed by atoms with Crippen molar-refractivity contribution >= 4 is 109 Å². The number of methoxy groups -OCH3 is 1. The number of phenols is 2. The van der Waals surface area contributed by atoms with Crippen LogP contribution in [-0.2, 0) is 37.3 Å². The van der Waals surface area contributed by atoms with E-state index in [0.29, 0.717) is 11.1 Å². The molecule has 0 aromatic heterocycles. The molecule has 0 bridgehead atoms. The van der Waals surface area contributed by atoms with Gasteiger partial charge in [0.1, 0.15) is 50.3 Å². The van der Waals surface area contributed by atoms with Gasteiger partial charge in [0.15, 0.2) is 5.75 Å². The molecule has 0 saturated carbocycles. The molecule has 7 aromatic carbocycles. The summed E-state index contributed by atoms with van der Waals surface area (Å²) in [5, 5.41) is 50.6. The van der Waals surface area contributed by atoms with Gasteiger partial charge in [-0.3, -0.25) is 9.11 Å². The minimum Gasteiger partial charge on any atom is -0.506 e. The van der Waals surface area contributed by atoms with E-state index >= 15 is 0 Å². The Bertz CT molecular complexity index is 3350. The van der Waals surface area contributed by atoms with E-state index in [-0.39, 0.29) is 82.9 Å². The number of hydrogen-bond donors (Lipinski definition) is 11. The number of phenolic OH excluding ortho intramolecular Hbond substituents is 2. The SMILES string of the molecule is COc1cc(N=Nc2c(S(O)(O)O)cc3ccc(Nc4cccc(S(=O)(=O)O)c4)cc3c2O)c(O)cc1N=Nc1ccc(N=Nc2ccc(S(O)(O)O)cc2)c2ccc(S(=O)(=O)O)cc12.[Cu]. The normalized spacial score (nSPS) is 13.2. The number of nitrogens with one attached hydrogen (secondary N) is 1. The minimum absolute atomic E-state index is 0. The number of hydrogen-bond acceptors (Lipinski definition) is 20. The van der Waals surface area contributed by atoms with Crippen LogP contribution in [0.5, 0.6) is 17.2 Å². The maximum atomic E-state index is 12.1. The Morgan fingerprint density at radius 3 is 1.73 bits per heavy atom. The van der Waals surface area contributed by atoms with Gasteiger partial charge < -0.3 is 47.6 Å². The molecule has 22 nitrogen and oxygen atoms in total. The summed E-state index contributed by atoms with van der Waals surface area (Å²) in [5.74, 6) is -1.31. The largest absolute Gasteiger partial charge is 0.506 e. The Hall–Kier alpha value is -6.14. The van der Waals surface area contributed by atoms with Crippen LogP contribution < -0.4 is 10.1 Å². The maximum Gasteiger partial charge on any atom is 0.294 e. The molecule has 11 N–H and O–H groups in total. The molecule has 7 aromatic rings. The zero-order valence-electron chi connectivity index (χ0n) is 33.1. The monoisotopic (exact) mass is 1030 g/mol. The van der Waals surface area contributed by atoms with E-state index in [1.165, 1.54) is 92.0 Å². The molecule has 0 saturated heterocycles. The van der Waals surface area contributed by atoms with Crippen molar-refractivity contribution in [1.82, 2.24) is 0 Å². The Labute approximate surface area is 387 Å². The first-order valence-electron chi connectivity index (χ1n) is 18.0. The third-order valence-electron chi connectivity index (χ3n) is 9.23. The molecule has 0 aliphatic rings. The summed E-state index contributed by atoms with van der Waals surface area (Å²) in [6, 6.07) is 24.7. The van der Waals surface area contributed by atoms with Crippen LogP contribution in [-0.4, -0.2) is 70.6 Å². The summed E-state index contributed by atoms with van der Waals surface area (Å²) < 4.78 is 131. The van der Waals surface area contributed by atoms with Crippen molar-refractivity contribution in [3.8, 4) is 17.2 Å².